The van der Waals surface area contributed by atoms with Gasteiger partial charge >= 0.3 is 0 Å². The molecule has 0 radical (unpaired) electrons. The first kappa shape index (κ1) is 15.5. The van der Waals surface area contributed by atoms with Crippen molar-refractivity contribution in [2.24, 2.45) is 0 Å². The maximum absolute atomic E-state index is 5.97. The molecule has 96 valence electrons. The van der Waals surface area contributed by atoms with Crippen molar-refractivity contribution in [3.8, 4) is 5.88 Å². The number of hydrogen-bond donors (Lipinski definition) is 0. The Morgan fingerprint density at radius 1 is 1.18 bits per heavy atom. The summed E-state index contributed by atoms with van der Waals surface area (Å²) < 4.78 is 6.96. The third-order valence-electron chi connectivity index (χ3n) is 1.49. The molecule has 1 heterocycles. The lowest BCUT2D eigenvalue weighted by Gasteiger charge is -2.20. The van der Waals surface area contributed by atoms with Crippen LogP contribution in [-0.2, 0) is 0 Å². The van der Waals surface area contributed by atoms with E-state index in [1.165, 1.54) is 0 Å². The van der Waals surface area contributed by atoms with Crippen LogP contribution in [0, 0.1) is 3.57 Å². The highest BCUT2D eigenvalue weighted by molar-refractivity contribution is 14.1. The molecule has 1 aromatic heterocycles. The number of hydrogen-bond acceptors (Lipinski definition) is 4. The van der Waals surface area contributed by atoms with Gasteiger partial charge in [-0.25, -0.2) is 4.98 Å². The summed E-state index contributed by atoms with van der Waals surface area (Å²) in [5.41, 5.74) is 0. The molecule has 0 saturated heterocycles. The summed E-state index contributed by atoms with van der Waals surface area (Å²) in [6, 6.07) is 0. The summed E-state index contributed by atoms with van der Waals surface area (Å²) >= 11 is 4.03. The first-order chi connectivity index (χ1) is 7.57. The minimum Gasteiger partial charge on any atom is -0.531 e. The van der Waals surface area contributed by atoms with E-state index in [-0.39, 0.29) is 0 Å². The summed E-state index contributed by atoms with van der Waals surface area (Å²) in [6.07, 6.45) is 1.85. The number of rotatable bonds is 4. The van der Waals surface area contributed by atoms with Crippen molar-refractivity contribution in [1.29, 1.82) is 0 Å². The van der Waals surface area contributed by atoms with Crippen LogP contribution in [0.5, 0.6) is 5.88 Å². The second-order valence-electron chi connectivity index (χ2n) is 5.73. The third-order valence-corrected chi connectivity index (χ3v) is 6.41. The second kappa shape index (κ2) is 5.58. The lowest BCUT2D eigenvalue weighted by molar-refractivity contribution is 0.519. The Hall–Kier alpha value is 0.394. The van der Waals surface area contributed by atoms with Gasteiger partial charge in [-0.15, -0.1) is 11.2 Å². The highest BCUT2D eigenvalue weighted by Crippen LogP contribution is 2.29. The van der Waals surface area contributed by atoms with E-state index in [2.05, 4.69) is 71.8 Å². The Bertz CT molecular complexity index is 404. The summed E-state index contributed by atoms with van der Waals surface area (Å²) in [6.45, 7) is 13.4. The fourth-order valence-electron chi connectivity index (χ4n) is 1.02. The van der Waals surface area contributed by atoms with Crippen LogP contribution in [0.1, 0.15) is 0 Å². The molecule has 17 heavy (non-hydrogen) atoms. The van der Waals surface area contributed by atoms with E-state index < -0.39 is 15.5 Å². The van der Waals surface area contributed by atoms with Crippen molar-refractivity contribution in [3.63, 3.8) is 0 Å². The predicted octanol–water partition coefficient (Wildman–Crippen LogP) is 4.22. The van der Waals surface area contributed by atoms with E-state index in [0.717, 1.165) is 14.6 Å². The molecule has 0 unspecified atom stereocenters. The van der Waals surface area contributed by atoms with Gasteiger partial charge in [0.25, 0.3) is 0 Å². The quantitative estimate of drug-likeness (QED) is 0.432. The van der Waals surface area contributed by atoms with Crippen molar-refractivity contribution < 1.29 is 4.43 Å². The Morgan fingerprint density at radius 2 is 1.76 bits per heavy atom. The highest BCUT2D eigenvalue weighted by atomic mass is 127. The topological polar surface area (TPSA) is 35.0 Å². The highest BCUT2D eigenvalue weighted by Gasteiger charge is 2.21. The summed E-state index contributed by atoms with van der Waals surface area (Å²) in [4.78, 5) is 8.90. The smallest absolute Gasteiger partial charge is 0.244 e. The molecule has 0 N–H and O–H groups in total. The fourth-order valence-corrected chi connectivity index (χ4v) is 5.05. The maximum Gasteiger partial charge on any atom is 0.244 e. The molecule has 1 aromatic rings. The first-order valence-corrected chi connectivity index (χ1v) is 15.0. The van der Waals surface area contributed by atoms with Gasteiger partial charge in [0.05, 0.1) is 3.57 Å². The average molecular weight is 398 g/mol. The molecule has 3 nitrogen and oxygen atoms in total. The largest absolute Gasteiger partial charge is 0.531 e. The van der Waals surface area contributed by atoms with Gasteiger partial charge in [0.2, 0.25) is 14.2 Å². The molecule has 0 spiro atoms. The van der Waals surface area contributed by atoms with Gasteiger partial charge < -0.3 is 4.43 Å². The molecular weight excluding hydrogens is 379 g/mol. The molecular formula is C10H19IN2OSSi2. The molecule has 1 rings (SSSR count). The number of nitrogens with zero attached hydrogens (tertiary/aromatic N) is 2. The number of aromatic nitrogens is 2. The Morgan fingerprint density at radius 3 is 2.24 bits per heavy atom. The lowest BCUT2D eigenvalue weighted by atomic mass is 10.6. The molecule has 0 atom stereocenters. The fraction of sp³-hybridized carbons (Fsp3) is 0.600. The zero-order valence-electron chi connectivity index (χ0n) is 11.2. The van der Waals surface area contributed by atoms with Crippen LogP contribution >= 0.6 is 33.8 Å². The zero-order chi connectivity index (χ0) is 13.3. The zero-order valence-corrected chi connectivity index (χ0v) is 16.1. The molecule has 0 aliphatic carbocycles. The van der Waals surface area contributed by atoms with Gasteiger partial charge in [-0.3, -0.25) is 0 Å². The van der Waals surface area contributed by atoms with Crippen molar-refractivity contribution in [3.05, 3.63) is 9.77 Å². The second-order valence-corrected chi connectivity index (χ2v) is 20.4. The summed E-state index contributed by atoms with van der Waals surface area (Å²) in [5.74, 6) is 0.750. The molecule has 7 heteroatoms. The van der Waals surface area contributed by atoms with E-state index in [1.807, 2.05) is 6.20 Å². The minimum atomic E-state index is -1.60. The van der Waals surface area contributed by atoms with Gasteiger partial charge in [-0.05, 0) is 42.2 Å². The van der Waals surface area contributed by atoms with E-state index in [1.54, 1.807) is 11.2 Å². The standard InChI is InChI=1S/C10H19IN2OSSi2/c1-16(2,3)14-9-8(11)7-12-10(13-9)15-17(4,5)6/h7H,1-6H3. The number of halogens is 1. The van der Waals surface area contributed by atoms with Gasteiger partial charge in [0, 0.05) is 6.20 Å². The Labute approximate surface area is 123 Å². The molecule has 0 fully saturated rings. The average Bonchev–Trinajstić information content (AvgIpc) is 2.05. The molecule has 0 amide bonds. The van der Waals surface area contributed by atoms with Crippen molar-refractivity contribution in [2.45, 2.75) is 44.4 Å². The Kier molecular flexibility index (Phi) is 5.07. The van der Waals surface area contributed by atoms with Crippen LogP contribution in [0.25, 0.3) is 0 Å². The monoisotopic (exact) mass is 398 g/mol. The maximum atomic E-state index is 5.97. The normalized spacial score (nSPS) is 12.6. The molecule has 0 aromatic carbocycles. The molecule has 0 aliphatic rings. The minimum absolute atomic E-state index is 0.750. The van der Waals surface area contributed by atoms with Crippen molar-refractivity contribution in [2.75, 3.05) is 0 Å². The van der Waals surface area contributed by atoms with Gasteiger partial charge in [-0.1, -0.05) is 19.6 Å². The molecule has 0 aliphatic heterocycles. The van der Waals surface area contributed by atoms with Crippen LogP contribution in [0.4, 0.5) is 0 Å². The van der Waals surface area contributed by atoms with Crippen molar-refractivity contribution in [1.82, 2.24) is 9.97 Å². The van der Waals surface area contributed by atoms with Crippen LogP contribution in [0.2, 0.25) is 39.3 Å². The van der Waals surface area contributed by atoms with E-state index >= 15 is 0 Å². The SMILES string of the molecule is C[Si](C)(C)Oc1nc(S[Si](C)(C)C)ncc1I. The van der Waals surface area contributed by atoms with Crippen molar-refractivity contribution >= 4 is 49.3 Å². The van der Waals surface area contributed by atoms with E-state index in [0.29, 0.717) is 0 Å². The van der Waals surface area contributed by atoms with Gasteiger partial charge in [0.15, 0.2) is 5.16 Å². The Balaban J connectivity index is 2.95. The summed E-state index contributed by atoms with van der Waals surface area (Å²) in [5, 5.41) is 0.845. The third kappa shape index (κ3) is 6.21. The first-order valence-electron chi connectivity index (χ1n) is 5.47. The van der Waals surface area contributed by atoms with Gasteiger partial charge in [-0.2, -0.15) is 4.98 Å². The van der Waals surface area contributed by atoms with E-state index in [4.69, 9.17) is 4.43 Å². The molecule has 0 saturated carbocycles. The summed E-state index contributed by atoms with van der Waals surface area (Å²) in [7, 11) is -2.86. The van der Waals surface area contributed by atoms with Gasteiger partial charge in [0.1, 0.15) is 7.22 Å². The lowest BCUT2D eigenvalue weighted by Crippen LogP contribution is -2.30. The van der Waals surface area contributed by atoms with Crippen LogP contribution in [0.15, 0.2) is 11.4 Å². The van der Waals surface area contributed by atoms with Crippen LogP contribution in [0.3, 0.4) is 0 Å². The van der Waals surface area contributed by atoms with Crippen LogP contribution in [-0.4, -0.2) is 25.5 Å². The van der Waals surface area contributed by atoms with Crippen LogP contribution < -0.4 is 4.43 Å². The predicted molar refractivity (Wildman–Crippen MR) is 87.9 cm³/mol. The van der Waals surface area contributed by atoms with E-state index in [9.17, 15) is 0 Å². The molecule has 0 bridgehead atoms.